The summed E-state index contributed by atoms with van der Waals surface area (Å²) in [6, 6.07) is 11.8. The number of hydrogen-bond donors (Lipinski definition) is 2. The number of amides is 1. The van der Waals surface area contributed by atoms with Gasteiger partial charge in [0, 0.05) is 6.07 Å². The summed E-state index contributed by atoms with van der Waals surface area (Å²) in [4.78, 5) is 24.1. The van der Waals surface area contributed by atoms with Gasteiger partial charge < -0.3 is 19.9 Å². The van der Waals surface area contributed by atoms with Gasteiger partial charge in [0.2, 0.25) is 0 Å². The van der Waals surface area contributed by atoms with E-state index in [-0.39, 0.29) is 11.8 Å². The van der Waals surface area contributed by atoms with Gasteiger partial charge in [0.05, 0.1) is 32.2 Å². The summed E-state index contributed by atoms with van der Waals surface area (Å²) in [5.74, 6) is -0.486. The van der Waals surface area contributed by atoms with E-state index in [1.165, 1.54) is 14.2 Å². The lowest BCUT2D eigenvalue weighted by Crippen LogP contribution is -2.30. The zero-order valence-corrected chi connectivity index (χ0v) is 16.9. The van der Waals surface area contributed by atoms with Gasteiger partial charge in [0.15, 0.2) is 0 Å². The number of carbonyl (C=O) groups excluding carboxylic acids is 1. The van der Waals surface area contributed by atoms with Gasteiger partial charge >= 0.3 is 5.97 Å². The third kappa shape index (κ3) is 5.25. The highest BCUT2D eigenvalue weighted by molar-refractivity contribution is 5.97. The number of benzene rings is 2. The topological polar surface area (TPSA) is 84.9 Å². The van der Waals surface area contributed by atoms with Gasteiger partial charge in [-0.1, -0.05) is 45.0 Å². The van der Waals surface area contributed by atoms with Crippen molar-refractivity contribution in [2.45, 2.75) is 38.6 Å². The fraction of sp³-hybridized carbons (Fsp3) is 0.364. The number of carboxylic acid groups (broad SMARTS) is 1. The average molecular weight is 385 g/mol. The maximum atomic E-state index is 12.8. The molecule has 0 spiro atoms. The molecular weight excluding hydrogens is 358 g/mol. The van der Waals surface area contributed by atoms with Gasteiger partial charge in [0.25, 0.3) is 5.91 Å². The molecule has 0 heterocycles. The third-order valence-corrected chi connectivity index (χ3v) is 4.52. The van der Waals surface area contributed by atoms with Gasteiger partial charge in [0.1, 0.15) is 11.5 Å². The van der Waals surface area contributed by atoms with Crippen molar-refractivity contribution in [3.8, 4) is 11.5 Å². The van der Waals surface area contributed by atoms with Gasteiger partial charge in [-0.25, -0.2) is 0 Å². The van der Waals surface area contributed by atoms with Crippen LogP contribution in [0.4, 0.5) is 0 Å². The second-order valence-electron chi connectivity index (χ2n) is 7.56. The smallest absolute Gasteiger partial charge is 0.305 e. The molecule has 0 aromatic heterocycles. The minimum absolute atomic E-state index is 0.0134. The summed E-state index contributed by atoms with van der Waals surface area (Å²) >= 11 is 0. The minimum atomic E-state index is -0.994. The van der Waals surface area contributed by atoms with Crippen LogP contribution in [-0.4, -0.2) is 31.2 Å². The minimum Gasteiger partial charge on any atom is -0.497 e. The number of hydrogen-bond acceptors (Lipinski definition) is 4. The van der Waals surface area contributed by atoms with Crippen LogP contribution >= 0.6 is 0 Å². The van der Waals surface area contributed by atoms with Crippen molar-refractivity contribution in [1.82, 2.24) is 5.32 Å². The molecule has 0 aliphatic rings. The van der Waals surface area contributed by atoms with E-state index in [4.69, 9.17) is 9.47 Å². The first-order valence-corrected chi connectivity index (χ1v) is 9.01. The molecule has 0 saturated heterocycles. The zero-order chi connectivity index (χ0) is 20.9. The van der Waals surface area contributed by atoms with E-state index < -0.39 is 17.9 Å². The van der Waals surface area contributed by atoms with Gasteiger partial charge in [-0.3, -0.25) is 9.59 Å². The van der Waals surface area contributed by atoms with Crippen molar-refractivity contribution in [1.29, 1.82) is 0 Å². The molecule has 2 rings (SSSR count). The molecule has 6 heteroatoms. The first-order chi connectivity index (χ1) is 13.2. The third-order valence-electron chi connectivity index (χ3n) is 4.52. The Balaban J connectivity index is 2.29. The van der Waals surface area contributed by atoms with Crippen molar-refractivity contribution in [2.24, 2.45) is 0 Å². The van der Waals surface area contributed by atoms with Gasteiger partial charge in [-0.2, -0.15) is 0 Å². The van der Waals surface area contributed by atoms with E-state index in [9.17, 15) is 14.7 Å². The summed E-state index contributed by atoms with van der Waals surface area (Å²) in [5, 5.41) is 12.1. The molecule has 2 N–H and O–H groups in total. The lowest BCUT2D eigenvalue weighted by atomic mass is 9.86. The summed E-state index contributed by atoms with van der Waals surface area (Å²) < 4.78 is 10.4. The molecule has 0 aliphatic carbocycles. The van der Waals surface area contributed by atoms with E-state index in [1.807, 2.05) is 24.3 Å². The lowest BCUT2D eigenvalue weighted by Gasteiger charge is -2.22. The molecule has 0 fully saturated rings. The number of nitrogens with one attached hydrogen (secondary N) is 1. The van der Waals surface area contributed by atoms with Crippen molar-refractivity contribution < 1.29 is 24.2 Å². The quantitative estimate of drug-likeness (QED) is 0.754. The Labute approximate surface area is 165 Å². The van der Waals surface area contributed by atoms with E-state index in [0.29, 0.717) is 17.1 Å². The SMILES string of the molecule is COc1ccc(C(=O)N[C@H](CC(=O)O)c2ccc(C(C)(C)C)cc2)c(OC)c1. The number of methoxy groups -OCH3 is 2. The van der Waals surface area contributed by atoms with Crippen LogP contribution in [0.1, 0.15) is 54.7 Å². The van der Waals surface area contributed by atoms with Crippen molar-refractivity contribution >= 4 is 11.9 Å². The van der Waals surface area contributed by atoms with Gasteiger partial charge in [-0.15, -0.1) is 0 Å². The fourth-order valence-corrected chi connectivity index (χ4v) is 2.86. The van der Waals surface area contributed by atoms with Crippen LogP contribution in [0.5, 0.6) is 11.5 Å². The second-order valence-corrected chi connectivity index (χ2v) is 7.56. The lowest BCUT2D eigenvalue weighted by molar-refractivity contribution is -0.137. The summed E-state index contributed by atoms with van der Waals surface area (Å²) in [5.41, 5.74) is 2.16. The molecule has 6 nitrogen and oxygen atoms in total. The molecule has 1 amide bonds. The first-order valence-electron chi connectivity index (χ1n) is 9.01. The Morgan fingerprint density at radius 2 is 1.68 bits per heavy atom. The number of carbonyl (C=O) groups is 2. The highest BCUT2D eigenvalue weighted by Gasteiger charge is 2.22. The zero-order valence-electron chi connectivity index (χ0n) is 16.9. The monoisotopic (exact) mass is 385 g/mol. The molecule has 0 bridgehead atoms. The summed E-state index contributed by atoms with van der Waals surface area (Å²) in [6.07, 6.45) is -0.223. The number of ether oxygens (including phenoxy) is 2. The Morgan fingerprint density at radius 3 is 2.18 bits per heavy atom. The molecule has 0 aliphatic heterocycles. The normalized spacial score (nSPS) is 12.2. The number of aliphatic carboxylic acids is 1. The highest BCUT2D eigenvalue weighted by atomic mass is 16.5. The van der Waals surface area contributed by atoms with E-state index in [1.54, 1.807) is 18.2 Å². The Bertz CT molecular complexity index is 837. The van der Waals surface area contributed by atoms with Crippen LogP contribution in [0.2, 0.25) is 0 Å². The fourth-order valence-electron chi connectivity index (χ4n) is 2.86. The Hall–Kier alpha value is -3.02. The summed E-state index contributed by atoms with van der Waals surface area (Å²) in [7, 11) is 2.99. The molecule has 0 saturated carbocycles. The van der Waals surface area contributed by atoms with E-state index >= 15 is 0 Å². The highest BCUT2D eigenvalue weighted by Crippen LogP contribution is 2.27. The molecule has 0 radical (unpaired) electrons. The summed E-state index contributed by atoms with van der Waals surface area (Å²) in [6.45, 7) is 6.32. The average Bonchev–Trinajstić information content (AvgIpc) is 2.65. The van der Waals surface area contributed by atoms with E-state index in [2.05, 4.69) is 26.1 Å². The van der Waals surface area contributed by atoms with Crippen LogP contribution in [0, 0.1) is 0 Å². The Kier molecular flexibility index (Phi) is 6.67. The molecular formula is C22H27NO5. The van der Waals surface area contributed by atoms with Crippen molar-refractivity contribution in [2.75, 3.05) is 14.2 Å². The van der Waals surface area contributed by atoms with Crippen LogP contribution in [0.25, 0.3) is 0 Å². The molecule has 1 atom stereocenters. The second kappa shape index (κ2) is 8.78. The molecule has 28 heavy (non-hydrogen) atoms. The first kappa shape index (κ1) is 21.3. The number of carboxylic acids is 1. The van der Waals surface area contributed by atoms with E-state index in [0.717, 1.165) is 11.1 Å². The van der Waals surface area contributed by atoms with Crippen LogP contribution in [-0.2, 0) is 10.2 Å². The van der Waals surface area contributed by atoms with Crippen molar-refractivity contribution in [3.63, 3.8) is 0 Å². The standard InChI is InChI=1S/C22H27NO5/c1-22(2,3)15-8-6-14(7-9-15)18(13-20(24)25)23-21(26)17-11-10-16(27-4)12-19(17)28-5/h6-12,18H,13H2,1-5H3,(H,23,26)(H,24,25)/t18-/m1/s1. The van der Waals surface area contributed by atoms with Crippen LogP contribution in [0.15, 0.2) is 42.5 Å². The molecule has 150 valence electrons. The van der Waals surface area contributed by atoms with Gasteiger partial charge in [-0.05, 0) is 28.7 Å². The predicted molar refractivity (Wildman–Crippen MR) is 107 cm³/mol. The Morgan fingerprint density at radius 1 is 1.04 bits per heavy atom. The van der Waals surface area contributed by atoms with Crippen LogP contribution < -0.4 is 14.8 Å². The molecule has 2 aromatic rings. The molecule has 2 aromatic carbocycles. The number of rotatable bonds is 7. The van der Waals surface area contributed by atoms with Crippen LogP contribution in [0.3, 0.4) is 0 Å². The van der Waals surface area contributed by atoms with Crippen molar-refractivity contribution in [3.05, 3.63) is 59.2 Å². The maximum absolute atomic E-state index is 12.8. The maximum Gasteiger partial charge on any atom is 0.305 e. The molecule has 0 unspecified atom stereocenters. The predicted octanol–water partition coefficient (Wildman–Crippen LogP) is 3.95. The largest absolute Gasteiger partial charge is 0.497 e.